The van der Waals surface area contributed by atoms with Crippen LogP contribution in [0.2, 0.25) is 0 Å². The Morgan fingerprint density at radius 2 is 1.74 bits per heavy atom. The minimum Gasteiger partial charge on any atom is -0.493 e. The molecule has 4 nitrogen and oxygen atoms in total. The first-order valence-corrected chi connectivity index (χ1v) is 9.20. The van der Waals surface area contributed by atoms with Crippen LogP contribution in [0.25, 0.3) is 0 Å². The number of aryl methyl sites for hydroxylation is 1. The van der Waals surface area contributed by atoms with Gasteiger partial charge >= 0.3 is 0 Å². The summed E-state index contributed by atoms with van der Waals surface area (Å²) in [6, 6.07) is 18.5. The highest BCUT2D eigenvalue weighted by atomic mass is 16.5. The number of rotatable bonds is 9. The zero-order chi connectivity index (χ0) is 18.9. The molecule has 140 valence electrons. The molecule has 0 amide bonds. The standard InChI is InChI=1S/C23H26N2O2/c1-18-5-3-4-6-21(18)11-14-25-16-20-7-8-22(23(15-20)26-2)27-17-19-9-12-24-13-10-19/h3-10,12-13,15,25H,11,14,16-17H2,1-2H3. The molecule has 3 rings (SSSR count). The van der Waals surface area contributed by atoms with Crippen molar-refractivity contribution < 1.29 is 9.47 Å². The van der Waals surface area contributed by atoms with E-state index >= 15 is 0 Å². The molecule has 0 saturated carbocycles. The van der Waals surface area contributed by atoms with Crippen LogP contribution < -0.4 is 14.8 Å². The third kappa shape index (κ3) is 5.56. The lowest BCUT2D eigenvalue weighted by atomic mass is 10.1. The largest absolute Gasteiger partial charge is 0.493 e. The molecule has 4 heteroatoms. The monoisotopic (exact) mass is 362 g/mol. The maximum absolute atomic E-state index is 5.89. The van der Waals surface area contributed by atoms with Crippen LogP contribution in [0, 0.1) is 6.92 Å². The quantitative estimate of drug-likeness (QED) is 0.576. The number of pyridine rings is 1. The van der Waals surface area contributed by atoms with Crippen molar-refractivity contribution in [3.05, 3.63) is 89.2 Å². The lowest BCUT2D eigenvalue weighted by molar-refractivity contribution is 0.284. The maximum atomic E-state index is 5.89. The van der Waals surface area contributed by atoms with Crippen LogP contribution in [-0.4, -0.2) is 18.6 Å². The summed E-state index contributed by atoms with van der Waals surface area (Å²) < 4.78 is 11.4. The van der Waals surface area contributed by atoms with Gasteiger partial charge in [-0.25, -0.2) is 0 Å². The average molecular weight is 362 g/mol. The first-order valence-electron chi connectivity index (χ1n) is 9.20. The number of hydrogen-bond acceptors (Lipinski definition) is 4. The van der Waals surface area contributed by atoms with Crippen molar-refractivity contribution in [3.63, 3.8) is 0 Å². The van der Waals surface area contributed by atoms with Crippen molar-refractivity contribution in [3.8, 4) is 11.5 Å². The highest BCUT2D eigenvalue weighted by molar-refractivity contribution is 5.43. The minimum atomic E-state index is 0.493. The van der Waals surface area contributed by atoms with Gasteiger partial charge in [0.05, 0.1) is 7.11 Å². The van der Waals surface area contributed by atoms with Crippen molar-refractivity contribution in [2.24, 2.45) is 0 Å². The van der Waals surface area contributed by atoms with Crippen LogP contribution in [0.5, 0.6) is 11.5 Å². The Balaban J connectivity index is 1.52. The third-order valence-corrected chi connectivity index (χ3v) is 4.53. The van der Waals surface area contributed by atoms with E-state index in [9.17, 15) is 0 Å². The summed E-state index contributed by atoms with van der Waals surface area (Å²) in [4.78, 5) is 4.02. The van der Waals surface area contributed by atoms with Crippen LogP contribution in [0.15, 0.2) is 67.0 Å². The van der Waals surface area contributed by atoms with Gasteiger partial charge in [0.15, 0.2) is 11.5 Å². The van der Waals surface area contributed by atoms with Gasteiger partial charge in [-0.2, -0.15) is 0 Å². The molecular formula is C23H26N2O2. The Morgan fingerprint density at radius 1 is 0.926 bits per heavy atom. The molecule has 3 aromatic rings. The fourth-order valence-electron chi connectivity index (χ4n) is 2.93. The molecule has 0 aliphatic heterocycles. The fourth-order valence-corrected chi connectivity index (χ4v) is 2.93. The molecule has 0 fully saturated rings. The highest BCUT2D eigenvalue weighted by Gasteiger charge is 2.06. The number of methoxy groups -OCH3 is 1. The van der Waals surface area contributed by atoms with E-state index in [1.54, 1.807) is 19.5 Å². The van der Waals surface area contributed by atoms with Crippen LogP contribution >= 0.6 is 0 Å². The van der Waals surface area contributed by atoms with E-state index in [1.807, 2.05) is 24.3 Å². The minimum absolute atomic E-state index is 0.493. The molecule has 0 atom stereocenters. The maximum Gasteiger partial charge on any atom is 0.161 e. The van der Waals surface area contributed by atoms with E-state index in [0.717, 1.165) is 36.6 Å². The van der Waals surface area contributed by atoms with Gasteiger partial charge in [-0.05, 0) is 66.4 Å². The topological polar surface area (TPSA) is 43.4 Å². The SMILES string of the molecule is COc1cc(CNCCc2ccccc2C)ccc1OCc1ccncc1. The molecule has 0 aliphatic carbocycles. The Hall–Kier alpha value is -2.85. The smallest absolute Gasteiger partial charge is 0.161 e. The van der Waals surface area contributed by atoms with Crippen molar-refractivity contribution in [1.29, 1.82) is 0 Å². The van der Waals surface area contributed by atoms with Crippen molar-refractivity contribution >= 4 is 0 Å². The van der Waals surface area contributed by atoms with Crippen molar-refractivity contribution in [1.82, 2.24) is 10.3 Å². The van der Waals surface area contributed by atoms with Gasteiger partial charge in [-0.15, -0.1) is 0 Å². The summed E-state index contributed by atoms with van der Waals surface area (Å²) in [5.74, 6) is 1.50. The molecule has 0 aliphatic rings. The summed E-state index contributed by atoms with van der Waals surface area (Å²) in [5, 5.41) is 3.50. The van der Waals surface area contributed by atoms with Crippen LogP contribution in [-0.2, 0) is 19.6 Å². The number of aromatic nitrogens is 1. The number of ether oxygens (including phenoxy) is 2. The van der Waals surface area contributed by atoms with E-state index < -0.39 is 0 Å². The molecule has 2 aromatic carbocycles. The van der Waals surface area contributed by atoms with Crippen LogP contribution in [0.3, 0.4) is 0 Å². The van der Waals surface area contributed by atoms with Gasteiger partial charge in [-0.1, -0.05) is 30.3 Å². The zero-order valence-corrected chi connectivity index (χ0v) is 15.9. The molecule has 1 heterocycles. The Kier molecular flexibility index (Phi) is 6.83. The van der Waals surface area contributed by atoms with E-state index in [0.29, 0.717) is 6.61 Å². The van der Waals surface area contributed by atoms with Gasteiger partial charge in [0.1, 0.15) is 6.61 Å². The fraction of sp³-hybridized carbons (Fsp3) is 0.261. The van der Waals surface area contributed by atoms with Crippen LogP contribution in [0.1, 0.15) is 22.3 Å². The first-order chi connectivity index (χ1) is 13.3. The second kappa shape index (κ2) is 9.74. The summed E-state index contributed by atoms with van der Waals surface area (Å²) in [5.41, 5.74) is 4.99. The molecule has 0 spiro atoms. The Morgan fingerprint density at radius 3 is 2.52 bits per heavy atom. The molecule has 1 N–H and O–H groups in total. The Bertz CT molecular complexity index is 850. The zero-order valence-electron chi connectivity index (χ0n) is 15.9. The number of hydrogen-bond donors (Lipinski definition) is 1. The van der Waals surface area contributed by atoms with Crippen molar-refractivity contribution in [2.75, 3.05) is 13.7 Å². The van der Waals surface area contributed by atoms with E-state index in [1.165, 1.54) is 16.7 Å². The molecule has 27 heavy (non-hydrogen) atoms. The summed E-state index contributed by atoms with van der Waals surface area (Å²) in [7, 11) is 1.67. The van der Waals surface area contributed by atoms with Gasteiger partial charge < -0.3 is 14.8 Å². The van der Waals surface area contributed by atoms with E-state index in [-0.39, 0.29) is 0 Å². The number of benzene rings is 2. The lowest BCUT2D eigenvalue weighted by Gasteiger charge is -2.13. The third-order valence-electron chi connectivity index (χ3n) is 4.53. The first kappa shape index (κ1) is 18.9. The Labute approximate surface area is 161 Å². The highest BCUT2D eigenvalue weighted by Crippen LogP contribution is 2.28. The second-order valence-electron chi connectivity index (χ2n) is 6.48. The predicted molar refractivity (Wildman–Crippen MR) is 108 cm³/mol. The second-order valence-corrected chi connectivity index (χ2v) is 6.48. The van der Waals surface area contributed by atoms with E-state index in [2.05, 4.69) is 47.6 Å². The van der Waals surface area contributed by atoms with Gasteiger partial charge in [0.2, 0.25) is 0 Å². The van der Waals surface area contributed by atoms with Crippen LogP contribution in [0.4, 0.5) is 0 Å². The molecular weight excluding hydrogens is 336 g/mol. The van der Waals surface area contributed by atoms with E-state index in [4.69, 9.17) is 9.47 Å². The molecule has 0 bridgehead atoms. The summed E-state index contributed by atoms with van der Waals surface area (Å²) >= 11 is 0. The molecule has 1 aromatic heterocycles. The molecule has 0 saturated heterocycles. The summed E-state index contributed by atoms with van der Waals surface area (Å²) in [6.45, 7) is 4.39. The van der Waals surface area contributed by atoms with Gasteiger partial charge in [0, 0.05) is 18.9 Å². The van der Waals surface area contributed by atoms with Gasteiger partial charge in [0.25, 0.3) is 0 Å². The predicted octanol–water partition coefficient (Wildman–Crippen LogP) is 4.31. The molecule has 0 radical (unpaired) electrons. The average Bonchev–Trinajstić information content (AvgIpc) is 2.72. The van der Waals surface area contributed by atoms with Crippen molar-refractivity contribution in [2.45, 2.75) is 26.5 Å². The normalized spacial score (nSPS) is 10.6. The number of nitrogens with zero attached hydrogens (tertiary/aromatic N) is 1. The molecule has 0 unspecified atom stereocenters. The summed E-state index contributed by atoms with van der Waals surface area (Å²) in [6.07, 6.45) is 4.56. The lowest BCUT2D eigenvalue weighted by Crippen LogP contribution is -2.17. The van der Waals surface area contributed by atoms with Gasteiger partial charge in [-0.3, -0.25) is 4.98 Å². The number of nitrogens with one attached hydrogen (secondary N) is 1.